The van der Waals surface area contributed by atoms with Crippen LogP contribution in [0.4, 0.5) is 0 Å². The molecule has 0 aliphatic rings. The van der Waals surface area contributed by atoms with E-state index in [1.165, 1.54) is 0 Å². The van der Waals surface area contributed by atoms with Gasteiger partial charge in [-0.2, -0.15) is 0 Å². The topological polar surface area (TPSA) is 29.3 Å². The minimum absolute atomic E-state index is 0.816. The first-order valence-corrected chi connectivity index (χ1v) is 4.77. The second-order valence-corrected chi connectivity index (χ2v) is 2.17. The van der Waals surface area contributed by atoms with Crippen molar-refractivity contribution < 1.29 is 0 Å². The first kappa shape index (κ1) is 13.5. The van der Waals surface area contributed by atoms with Gasteiger partial charge in [0.15, 0.2) is 0 Å². The fraction of sp³-hybridized carbons (Fsp3) is 1.00. The number of nitrogens with two attached hydrogens (primary N) is 1. The van der Waals surface area contributed by atoms with Crippen LogP contribution in [0, 0.1) is 0 Å². The second-order valence-electron chi connectivity index (χ2n) is 2.17. The van der Waals surface area contributed by atoms with Crippen LogP contribution in [0.2, 0.25) is 0 Å². The summed E-state index contributed by atoms with van der Waals surface area (Å²) in [6.07, 6.45) is 1.13. The molecule has 0 heterocycles. The van der Waals surface area contributed by atoms with E-state index in [4.69, 9.17) is 5.73 Å². The van der Waals surface area contributed by atoms with E-state index in [9.17, 15) is 0 Å². The molecular formula is C9H24N2. The van der Waals surface area contributed by atoms with Gasteiger partial charge in [0.1, 0.15) is 0 Å². The van der Waals surface area contributed by atoms with Crippen molar-refractivity contribution >= 4 is 0 Å². The Labute approximate surface area is 71.8 Å². The molecule has 0 bridgehead atoms. The van der Waals surface area contributed by atoms with E-state index >= 15 is 0 Å². The molecular weight excluding hydrogens is 136 g/mol. The zero-order valence-corrected chi connectivity index (χ0v) is 8.56. The van der Waals surface area contributed by atoms with E-state index in [0.717, 1.165) is 32.6 Å². The summed E-state index contributed by atoms with van der Waals surface area (Å²) in [7, 11) is 0. The van der Waals surface area contributed by atoms with Gasteiger partial charge in [0.05, 0.1) is 0 Å². The van der Waals surface area contributed by atoms with Gasteiger partial charge in [-0.25, -0.2) is 0 Å². The molecule has 2 nitrogen and oxygen atoms in total. The van der Waals surface area contributed by atoms with Gasteiger partial charge in [-0.15, -0.1) is 0 Å². The average Bonchev–Trinajstić information content (AvgIpc) is 2.10. The van der Waals surface area contributed by atoms with Crippen LogP contribution in [-0.4, -0.2) is 31.1 Å². The number of hydrogen-bond acceptors (Lipinski definition) is 2. The van der Waals surface area contributed by atoms with Gasteiger partial charge in [0, 0.05) is 0 Å². The molecule has 0 aromatic heterocycles. The summed E-state index contributed by atoms with van der Waals surface area (Å²) in [5.41, 5.74) is 5.36. The Morgan fingerprint density at radius 3 is 1.82 bits per heavy atom. The summed E-state index contributed by atoms with van der Waals surface area (Å²) >= 11 is 0. The highest BCUT2D eigenvalue weighted by molar-refractivity contribution is 4.51. The maximum Gasteiger partial charge on any atom is -0.000695 e. The van der Waals surface area contributed by atoms with E-state index in [0.29, 0.717) is 0 Å². The van der Waals surface area contributed by atoms with E-state index in [1.807, 2.05) is 13.8 Å². The summed E-state index contributed by atoms with van der Waals surface area (Å²) in [5.74, 6) is 0. The average molecular weight is 160 g/mol. The third-order valence-corrected chi connectivity index (χ3v) is 1.57. The highest BCUT2D eigenvalue weighted by Crippen LogP contribution is 1.87. The summed E-state index contributed by atoms with van der Waals surface area (Å²) in [6.45, 7) is 12.6. The molecule has 0 aromatic rings. The molecule has 0 aliphatic carbocycles. The fourth-order valence-electron chi connectivity index (χ4n) is 0.855. The predicted octanol–water partition coefficient (Wildman–Crippen LogP) is 1.70. The van der Waals surface area contributed by atoms with E-state index in [1.54, 1.807) is 0 Å². The lowest BCUT2D eigenvalue weighted by Crippen LogP contribution is -2.25. The first-order valence-electron chi connectivity index (χ1n) is 4.77. The summed E-state index contributed by atoms with van der Waals surface area (Å²) in [4.78, 5) is 2.38. The second kappa shape index (κ2) is 12.6. The number of nitrogens with zero attached hydrogens (tertiary/aromatic N) is 1. The molecule has 0 amide bonds. The summed E-state index contributed by atoms with van der Waals surface area (Å²) in [5, 5.41) is 0. The van der Waals surface area contributed by atoms with Crippen molar-refractivity contribution in [2.75, 3.05) is 26.2 Å². The summed E-state index contributed by atoms with van der Waals surface area (Å²) in [6, 6.07) is 0. The van der Waals surface area contributed by atoms with Gasteiger partial charge in [-0.1, -0.05) is 27.7 Å². The Hall–Kier alpha value is -0.0800. The van der Waals surface area contributed by atoms with Gasteiger partial charge < -0.3 is 10.6 Å². The van der Waals surface area contributed by atoms with Crippen LogP contribution in [0.1, 0.15) is 34.1 Å². The van der Waals surface area contributed by atoms with Crippen LogP contribution in [0.15, 0.2) is 0 Å². The largest absolute Gasteiger partial charge is 0.330 e. The molecule has 0 fully saturated rings. The molecule has 0 rings (SSSR count). The molecule has 0 aliphatic heterocycles. The lowest BCUT2D eigenvalue weighted by atomic mass is 10.4. The van der Waals surface area contributed by atoms with Crippen molar-refractivity contribution in [3.05, 3.63) is 0 Å². The van der Waals surface area contributed by atoms with E-state index in [2.05, 4.69) is 18.7 Å². The van der Waals surface area contributed by atoms with Gasteiger partial charge in [-0.3, -0.25) is 0 Å². The third kappa shape index (κ3) is 9.92. The SMILES string of the molecule is CC.CCN(CC)CCCN. The Balaban J connectivity index is 0. The Bertz CT molecular complexity index is 51.5. The van der Waals surface area contributed by atoms with Gasteiger partial charge >= 0.3 is 0 Å². The zero-order chi connectivity index (χ0) is 9.11. The standard InChI is InChI=1S/C7H18N2.C2H6/c1-3-9(4-2)7-5-6-8;1-2/h3-8H2,1-2H3;1-2H3. The normalized spacial score (nSPS) is 9.27. The molecule has 70 valence electrons. The van der Waals surface area contributed by atoms with Gasteiger partial charge in [0.25, 0.3) is 0 Å². The molecule has 2 N–H and O–H groups in total. The number of hydrogen-bond donors (Lipinski definition) is 1. The quantitative estimate of drug-likeness (QED) is 0.663. The zero-order valence-electron chi connectivity index (χ0n) is 8.56. The Morgan fingerprint density at radius 2 is 1.55 bits per heavy atom. The van der Waals surface area contributed by atoms with Gasteiger partial charge in [0.2, 0.25) is 0 Å². The van der Waals surface area contributed by atoms with Gasteiger partial charge in [-0.05, 0) is 32.6 Å². The molecule has 0 radical (unpaired) electrons. The highest BCUT2D eigenvalue weighted by atomic mass is 15.1. The van der Waals surface area contributed by atoms with Crippen molar-refractivity contribution in [1.82, 2.24) is 4.90 Å². The summed E-state index contributed by atoms with van der Waals surface area (Å²) < 4.78 is 0. The highest BCUT2D eigenvalue weighted by Gasteiger charge is 1.94. The molecule has 0 aromatic carbocycles. The molecule has 0 atom stereocenters. The maximum absolute atomic E-state index is 5.36. The van der Waals surface area contributed by atoms with Crippen LogP contribution in [0.3, 0.4) is 0 Å². The Morgan fingerprint density at radius 1 is 1.09 bits per heavy atom. The van der Waals surface area contributed by atoms with Crippen LogP contribution < -0.4 is 5.73 Å². The molecule has 11 heavy (non-hydrogen) atoms. The van der Waals surface area contributed by atoms with Crippen molar-refractivity contribution in [3.8, 4) is 0 Å². The van der Waals surface area contributed by atoms with Crippen LogP contribution >= 0.6 is 0 Å². The lowest BCUT2D eigenvalue weighted by Gasteiger charge is -2.16. The molecule has 2 heteroatoms. The van der Waals surface area contributed by atoms with Crippen molar-refractivity contribution in [2.45, 2.75) is 34.1 Å². The molecule has 0 spiro atoms. The van der Waals surface area contributed by atoms with Crippen molar-refractivity contribution in [3.63, 3.8) is 0 Å². The van der Waals surface area contributed by atoms with Crippen LogP contribution in [-0.2, 0) is 0 Å². The first-order chi connectivity index (χ1) is 5.35. The maximum atomic E-state index is 5.36. The Kier molecular flexibility index (Phi) is 15.4. The van der Waals surface area contributed by atoms with Crippen molar-refractivity contribution in [2.24, 2.45) is 5.73 Å². The lowest BCUT2D eigenvalue weighted by molar-refractivity contribution is 0.302. The predicted molar refractivity (Wildman–Crippen MR) is 52.8 cm³/mol. The van der Waals surface area contributed by atoms with Crippen LogP contribution in [0.25, 0.3) is 0 Å². The molecule has 0 unspecified atom stereocenters. The third-order valence-electron chi connectivity index (χ3n) is 1.57. The minimum atomic E-state index is 0.816. The molecule has 0 saturated carbocycles. The smallest absolute Gasteiger partial charge is 0.000695 e. The van der Waals surface area contributed by atoms with E-state index < -0.39 is 0 Å². The van der Waals surface area contributed by atoms with Crippen LogP contribution in [0.5, 0.6) is 0 Å². The fourth-order valence-corrected chi connectivity index (χ4v) is 0.855. The molecule has 0 saturated heterocycles. The number of rotatable bonds is 5. The van der Waals surface area contributed by atoms with E-state index in [-0.39, 0.29) is 0 Å². The minimum Gasteiger partial charge on any atom is -0.330 e. The van der Waals surface area contributed by atoms with Crippen molar-refractivity contribution in [1.29, 1.82) is 0 Å². The monoisotopic (exact) mass is 160 g/mol.